The van der Waals surface area contributed by atoms with E-state index in [9.17, 15) is 9.59 Å². The van der Waals surface area contributed by atoms with Crippen molar-refractivity contribution >= 4 is 27.3 Å². The second-order valence-electron chi connectivity index (χ2n) is 2.46. The van der Waals surface area contributed by atoms with Crippen LogP contribution in [0.5, 0.6) is 0 Å². The van der Waals surface area contributed by atoms with Crippen LogP contribution in [-0.4, -0.2) is 49.6 Å². The van der Waals surface area contributed by atoms with Crippen LogP contribution in [0.4, 0.5) is 0 Å². The first-order valence-electron chi connectivity index (χ1n) is 3.57. The molecule has 0 aliphatic carbocycles. The normalized spacial score (nSPS) is 14.9. The van der Waals surface area contributed by atoms with Crippen LogP contribution in [0.25, 0.3) is 0 Å². The number of carboxylic acids is 2. The Bertz CT molecular complexity index is 179. The molecule has 0 aromatic carbocycles. The zero-order valence-electron chi connectivity index (χ0n) is 7.27. The molecule has 0 spiro atoms. The van der Waals surface area contributed by atoms with Crippen molar-refractivity contribution in [3.8, 4) is 0 Å². The standard InChI is InChI=1S/C6H12N2O4Se/c1-3(5(9)10)7-13-8-4(2)6(11)12/h3-4,7-8H,1-2H3,(H,9,10)(H,11,12)/t3-,4-/m0/s1. The molecule has 4 N–H and O–H groups in total. The molecule has 0 aromatic heterocycles. The van der Waals surface area contributed by atoms with Crippen molar-refractivity contribution in [1.82, 2.24) is 8.67 Å². The van der Waals surface area contributed by atoms with Gasteiger partial charge >= 0.3 is 81.7 Å². The molecule has 7 heteroatoms. The zero-order chi connectivity index (χ0) is 10.4. The summed E-state index contributed by atoms with van der Waals surface area (Å²) < 4.78 is 5.31. The van der Waals surface area contributed by atoms with E-state index in [0.717, 1.165) is 0 Å². The Labute approximate surface area is 82.3 Å². The van der Waals surface area contributed by atoms with Gasteiger partial charge in [0.25, 0.3) is 0 Å². The van der Waals surface area contributed by atoms with E-state index in [0.29, 0.717) is 0 Å². The van der Waals surface area contributed by atoms with E-state index in [1.54, 1.807) is 0 Å². The molecule has 0 unspecified atom stereocenters. The van der Waals surface area contributed by atoms with E-state index >= 15 is 0 Å². The summed E-state index contributed by atoms with van der Waals surface area (Å²) in [6, 6.07) is -1.32. The minimum atomic E-state index is -0.952. The van der Waals surface area contributed by atoms with Crippen LogP contribution in [0.2, 0.25) is 0 Å². The average Bonchev–Trinajstić information content (AvgIpc) is 2.03. The first-order chi connectivity index (χ1) is 5.95. The summed E-state index contributed by atoms with van der Waals surface area (Å²) in [6.45, 7) is 2.99. The Morgan fingerprint density at radius 3 is 1.62 bits per heavy atom. The second-order valence-corrected chi connectivity index (χ2v) is 3.87. The predicted molar refractivity (Wildman–Crippen MR) is 46.2 cm³/mol. The zero-order valence-corrected chi connectivity index (χ0v) is 8.99. The summed E-state index contributed by atoms with van der Waals surface area (Å²) in [7, 11) is 0. The summed E-state index contributed by atoms with van der Waals surface area (Å²) in [5.41, 5.74) is 0. The van der Waals surface area contributed by atoms with Gasteiger partial charge in [-0.1, -0.05) is 0 Å². The van der Waals surface area contributed by atoms with Gasteiger partial charge in [0.15, 0.2) is 0 Å². The Kier molecular flexibility index (Phi) is 5.65. The number of carbonyl (C=O) groups is 2. The molecule has 76 valence electrons. The van der Waals surface area contributed by atoms with Crippen molar-refractivity contribution < 1.29 is 19.8 Å². The summed E-state index contributed by atoms with van der Waals surface area (Å²) >= 11 is -0.379. The SMILES string of the molecule is C[C@H](N[Se]N[C@@H](C)C(=O)O)C(=O)O. The van der Waals surface area contributed by atoms with Crippen molar-refractivity contribution in [1.29, 1.82) is 0 Å². The van der Waals surface area contributed by atoms with Gasteiger partial charge in [-0.25, -0.2) is 0 Å². The fourth-order valence-corrected chi connectivity index (χ4v) is 1.62. The number of hydrogen-bond donors (Lipinski definition) is 4. The van der Waals surface area contributed by atoms with Crippen molar-refractivity contribution in [2.24, 2.45) is 0 Å². The Morgan fingerprint density at radius 1 is 1.08 bits per heavy atom. The van der Waals surface area contributed by atoms with Crippen LogP contribution in [0.3, 0.4) is 0 Å². The molecule has 0 aliphatic heterocycles. The minimum absolute atomic E-state index is 0.379. The van der Waals surface area contributed by atoms with E-state index in [1.807, 2.05) is 0 Å². The summed E-state index contributed by atoms with van der Waals surface area (Å²) in [6.07, 6.45) is 0. The predicted octanol–water partition coefficient (Wildman–Crippen LogP) is -1.35. The fourth-order valence-electron chi connectivity index (χ4n) is 0.312. The third-order valence-corrected chi connectivity index (χ3v) is 3.19. The van der Waals surface area contributed by atoms with Gasteiger partial charge in [-0.3, -0.25) is 0 Å². The average molecular weight is 255 g/mol. The number of carboxylic acid groups (broad SMARTS) is 2. The number of rotatable bonds is 6. The van der Waals surface area contributed by atoms with Crippen molar-refractivity contribution in [3.63, 3.8) is 0 Å². The Hall–Kier alpha value is -0.621. The maximum absolute atomic E-state index is 10.3. The molecule has 0 rings (SSSR count). The quantitative estimate of drug-likeness (QED) is 0.438. The molecule has 2 atom stereocenters. The van der Waals surface area contributed by atoms with Gasteiger partial charge in [0.1, 0.15) is 0 Å². The van der Waals surface area contributed by atoms with E-state index in [-0.39, 0.29) is 15.4 Å². The Morgan fingerprint density at radius 2 is 1.38 bits per heavy atom. The molecule has 0 fully saturated rings. The van der Waals surface area contributed by atoms with Crippen LogP contribution < -0.4 is 8.67 Å². The number of aliphatic carboxylic acids is 2. The van der Waals surface area contributed by atoms with E-state index in [2.05, 4.69) is 8.67 Å². The third-order valence-electron chi connectivity index (χ3n) is 1.21. The summed E-state index contributed by atoms with van der Waals surface area (Å²) in [5, 5.41) is 16.9. The van der Waals surface area contributed by atoms with E-state index < -0.39 is 24.0 Å². The van der Waals surface area contributed by atoms with Crippen LogP contribution in [0.1, 0.15) is 13.8 Å². The third kappa shape index (κ3) is 5.59. The van der Waals surface area contributed by atoms with Crippen LogP contribution >= 0.6 is 0 Å². The molecule has 0 aromatic rings. The molecule has 0 saturated carbocycles. The first kappa shape index (κ1) is 12.4. The molecule has 13 heavy (non-hydrogen) atoms. The fraction of sp³-hybridized carbons (Fsp3) is 0.667. The molecule has 0 saturated heterocycles. The molecule has 0 amide bonds. The van der Waals surface area contributed by atoms with E-state index in [4.69, 9.17) is 10.2 Å². The van der Waals surface area contributed by atoms with Crippen molar-refractivity contribution in [3.05, 3.63) is 0 Å². The van der Waals surface area contributed by atoms with Crippen molar-refractivity contribution in [2.45, 2.75) is 25.9 Å². The van der Waals surface area contributed by atoms with Gasteiger partial charge in [-0.15, -0.1) is 0 Å². The Balaban J connectivity index is 3.56. The topological polar surface area (TPSA) is 98.7 Å². The van der Waals surface area contributed by atoms with Gasteiger partial charge in [0.2, 0.25) is 0 Å². The van der Waals surface area contributed by atoms with Crippen LogP contribution in [0.15, 0.2) is 0 Å². The number of nitrogens with one attached hydrogen (secondary N) is 2. The second kappa shape index (κ2) is 5.93. The maximum atomic E-state index is 10.3. The van der Waals surface area contributed by atoms with Crippen LogP contribution in [-0.2, 0) is 9.59 Å². The van der Waals surface area contributed by atoms with Gasteiger partial charge < -0.3 is 0 Å². The number of hydrogen-bond acceptors (Lipinski definition) is 4. The van der Waals surface area contributed by atoms with Gasteiger partial charge in [0, 0.05) is 0 Å². The van der Waals surface area contributed by atoms with Gasteiger partial charge in [0.05, 0.1) is 0 Å². The van der Waals surface area contributed by atoms with Crippen LogP contribution in [0, 0.1) is 0 Å². The molecule has 0 aliphatic rings. The molecular weight excluding hydrogens is 243 g/mol. The molecule has 0 radical (unpaired) electrons. The first-order valence-corrected chi connectivity index (χ1v) is 5.29. The van der Waals surface area contributed by atoms with Gasteiger partial charge in [-0.05, 0) is 0 Å². The van der Waals surface area contributed by atoms with E-state index in [1.165, 1.54) is 13.8 Å². The molecular formula is C6H12N2O4Se. The summed E-state index contributed by atoms with van der Waals surface area (Å²) in [5.74, 6) is -1.90. The summed E-state index contributed by atoms with van der Waals surface area (Å²) in [4.78, 5) is 20.6. The van der Waals surface area contributed by atoms with Crippen molar-refractivity contribution in [2.75, 3.05) is 0 Å². The molecule has 6 nitrogen and oxygen atoms in total. The molecule has 0 bridgehead atoms. The monoisotopic (exact) mass is 256 g/mol. The van der Waals surface area contributed by atoms with Gasteiger partial charge in [-0.2, -0.15) is 0 Å². The molecule has 0 heterocycles.